The Morgan fingerprint density at radius 1 is 1.43 bits per heavy atom. The fraction of sp³-hybridized carbons (Fsp3) is 0.350. The van der Waals surface area contributed by atoms with E-state index in [-0.39, 0.29) is 22.7 Å². The molecule has 1 fully saturated rings. The first-order chi connectivity index (χ1) is 14.4. The fourth-order valence-electron chi connectivity index (χ4n) is 3.52. The van der Waals surface area contributed by atoms with Crippen LogP contribution in [0.2, 0.25) is 0 Å². The summed E-state index contributed by atoms with van der Waals surface area (Å²) in [5, 5.41) is 14.2. The maximum Gasteiger partial charge on any atom is 0.275 e. The highest BCUT2D eigenvalue weighted by molar-refractivity contribution is 7.11. The van der Waals surface area contributed by atoms with Crippen molar-refractivity contribution in [1.82, 2.24) is 9.97 Å². The number of allylic oxidation sites excluding steroid dienone is 4. The van der Waals surface area contributed by atoms with E-state index in [1.807, 2.05) is 4.90 Å². The molecular formula is C20H21F2N5O2S. The summed E-state index contributed by atoms with van der Waals surface area (Å²) in [6, 6.07) is 1.37. The second-order valence-electron chi connectivity index (χ2n) is 7.22. The zero-order valence-electron chi connectivity index (χ0n) is 16.0. The van der Waals surface area contributed by atoms with Crippen molar-refractivity contribution in [2.75, 3.05) is 23.3 Å². The van der Waals surface area contributed by atoms with Crippen LogP contribution in [0.25, 0.3) is 5.57 Å². The number of aliphatic hydroxyl groups is 1. The fourth-order valence-corrected chi connectivity index (χ4v) is 4.41. The molecule has 1 amide bonds. The summed E-state index contributed by atoms with van der Waals surface area (Å²) >= 11 is 1.02. The summed E-state index contributed by atoms with van der Waals surface area (Å²) in [6.45, 7) is 1.02. The number of halogens is 2. The predicted molar refractivity (Wildman–Crippen MR) is 112 cm³/mol. The highest BCUT2D eigenvalue weighted by Crippen LogP contribution is 2.34. The quantitative estimate of drug-likeness (QED) is 0.685. The van der Waals surface area contributed by atoms with Gasteiger partial charge in [0.15, 0.2) is 0 Å². The lowest BCUT2D eigenvalue weighted by Crippen LogP contribution is -2.51. The molecule has 10 heteroatoms. The Labute approximate surface area is 175 Å². The predicted octanol–water partition coefficient (Wildman–Crippen LogP) is 2.67. The lowest BCUT2D eigenvalue weighted by atomic mass is 10.0. The van der Waals surface area contributed by atoms with E-state index in [0.717, 1.165) is 17.0 Å². The molecule has 0 aromatic carbocycles. The summed E-state index contributed by atoms with van der Waals surface area (Å²) in [4.78, 5) is 22.9. The van der Waals surface area contributed by atoms with Crippen molar-refractivity contribution in [2.24, 2.45) is 5.73 Å². The smallest absolute Gasteiger partial charge is 0.275 e. The number of carbonyl (C=O) groups excluding carboxylic acids is 1. The van der Waals surface area contributed by atoms with Crippen LogP contribution in [0, 0.1) is 0 Å². The Hall–Kier alpha value is -2.69. The standard InChI is InChI=1S/C20H21F2N5O2S/c21-11-2-1-3-12(22)18(11)20-26-15(10-30-20)19(29)25-14-8-24-6-4-16(14)27-7-5-17(28)13(23)9-27/h1-2,4,6,8,10,12-13,17,28H,3,5,7,9,23H2,(H,25,29)/t12?,13-,17-/m1/s1. The SMILES string of the molecule is N[C@@H]1CN(c2ccncc2NC(=O)c2csc(C3=C(F)C=CCC3F)n2)CC[C@H]1O. The number of nitrogens with zero attached hydrogens (tertiary/aromatic N) is 3. The zero-order valence-corrected chi connectivity index (χ0v) is 16.8. The molecule has 3 heterocycles. The van der Waals surface area contributed by atoms with E-state index >= 15 is 0 Å². The van der Waals surface area contributed by atoms with Gasteiger partial charge >= 0.3 is 0 Å². The highest BCUT2D eigenvalue weighted by Gasteiger charge is 2.27. The molecule has 0 saturated carbocycles. The molecule has 4 N–H and O–H groups in total. The molecule has 1 saturated heterocycles. The number of carbonyl (C=O) groups is 1. The Morgan fingerprint density at radius 3 is 3.03 bits per heavy atom. The van der Waals surface area contributed by atoms with Crippen LogP contribution in [-0.4, -0.2) is 52.4 Å². The van der Waals surface area contributed by atoms with Gasteiger partial charge in [-0.15, -0.1) is 11.3 Å². The minimum Gasteiger partial charge on any atom is -0.391 e. The third kappa shape index (κ3) is 4.11. The molecular weight excluding hydrogens is 412 g/mol. The summed E-state index contributed by atoms with van der Waals surface area (Å²) in [5.41, 5.74) is 7.11. The highest BCUT2D eigenvalue weighted by atomic mass is 32.1. The van der Waals surface area contributed by atoms with Gasteiger partial charge in [-0.2, -0.15) is 0 Å². The number of nitrogens with one attached hydrogen (secondary N) is 1. The number of nitrogens with two attached hydrogens (primary N) is 1. The van der Waals surface area contributed by atoms with E-state index in [1.54, 1.807) is 12.3 Å². The lowest BCUT2D eigenvalue weighted by molar-refractivity contribution is 0.102. The molecule has 7 nitrogen and oxygen atoms in total. The van der Waals surface area contributed by atoms with Gasteiger partial charge in [-0.25, -0.2) is 13.8 Å². The Kier molecular flexibility index (Phi) is 5.89. The monoisotopic (exact) mass is 433 g/mol. The molecule has 0 spiro atoms. The van der Waals surface area contributed by atoms with Gasteiger partial charge in [-0.05, 0) is 18.6 Å². The summed E-state index contributed by atoms with van der Waals surface area (Å²) < 4.78 is 28.2. The molecule has 1 aliphatic carbocycles. The third-order valence-corrected chi connectivity index (χ3v) is 6.03. The number of piperidine rings is 1. The Bertz CT molecular complexity index is 1010. The van der Waals surface area contributed by atoms with Gasteiger partial charge in [0.25, 0.3) is 5.91 Å². The molecule has 2 aliphatic rings. The number of rotatable bonds is 4. The van der Waals surface area contributed by atoms with E-state index in [2.05, 4.69) is 15.3 Å². The summed E-state index contributed by atoms with van der Waals surface area (Å²) in [5.74, 6) is -1.18. The number of hydrogen-bond acceptors (Lipinski definition) is 7. The minimum absolute atomic E-state index is 0.0672. The number of aliphatic hydroxyl groups excluding tert-OH is 1. The van der Waals surface area contributed by atoms with E-state index in [0.29, 0.717) is 25.2 Å². The van der Waals surface area contributed by atoms with Crippen LogP contribution in [0.1, 0.15) is 28.3 Å². The van der Waals surface area contributed by atoms with Crippen molar-refractivity contribution in [1.29, 1.82) is 0 Å². The Morgan fingerprint density at radius 2 is 2.27 bits per heavy atom. The molecule has 0 bridgehead atoms. The number of thiazole rings is 1. The molecule has 1 unspecified atom stereocenters. The van der Waals surface area contributed by atoms with Gasteiger partial charge < -0.3 is 21.1 Å². The van der Waals surface area contributed by atoms with Crippen LogP contribution in [0.15, 0.2) is 41.8 Å². The number of hydrogen-bond donors (Lipinski definition) is 3. The first kappa shape index (κ1) is 20.6. The van der Waals surface area contributed by atoms with Crippen molar-refractivity contribution >= 4 is 34.2 Å². The molecule has 2 aromatic rings. The average molecular weight is 433 g/mol. The van der Waals surface area contributed by atoms with Crippen LogP contribution in [0.4, 0.5) is 20.2 Å². The molecule has 158 valence electrons. The van der Waals surface area contributed by atoms with E-state index in [4.69, 9.17) is 5.73 Å². The summed E-state index contributed by atoms with van der Waals surface area (Å²) in [6.07, 6.45) is 4.33. The molecule has 3 atom stereocenters. The number of anilines is 2. The first-order valence-corrected chi connectivity index (χ1v) is 10.4. The molecule has 30 heavy (non-hydrogen) atoms. The van der Waals surface area contributed by atoms with Gasteiger partial charge in [0.2, 0.25) is 0 Å². The van der Waals surface area contributed by atoms with Gasteiger partial charge in [0.05, 0.1) is 29.2 Å². The minimum atomic E-state index is -1.49. The van der Waals surface area contributed by atoms with Crippen molar-refractivity contribution in [3.05, 3.63) is 52.5 Å². The second kappa shape index (κ2) is 8.58. The van der Waals surface area contributed by atoms with Crippen molar-refractivity contribution in [2.45, 2.75) is 31.2 Å². The average Bonchev–Trinajstić information content (AvgIpc) is 3.20. The van der Waals surface area contributed by atoms with Crippen LogP contribution in [-0.2, 0) is 0 Å². The molecule has 1 aliphatic heterocycles. The molecule has 0 radical (unpaired) electrons. The maximum absolute atomic E-state index is 14.1. The number of pyridine rings is 1. The van der Waals surface area contributed by atoms with Gasteiger partial charge in [0, 0.05) is 37.1 Å². The van der Waals surface area contributed by atoms with Crippen molar-refractivity contribution in [3.8, 4) is 0 Å². The van der Waals surface area contributed by atoms with Gasteiger partial charge in [-0.1, -0.05) is 6.08 Å². The van der Waals surface area contributed by atoms with E-state index in [9.17, 15) is 18.7 Å². The van der Waals surface area contributed by atoms with Crippen LogP contribution < -0.4 is 16.0 Å². The third-order valence-electron chi connectivity index (χ3n) is 5.15. The zero-order chi connectivity index (χ0) is 21.3. The summed E-state index contributed by atoms with van der Waals surface area (Å²) in [7, 11) is 0. The van der Waals surface area contributed by atoms with E-state index in [1.165, 1.54) is 23.7 Å². The maximum atomic E-state index is 14.1. The number of amides is 1. The van der Waals surface area contributed by atoms with Crippen LogP contribution in [0.3, 0.4) is 0 Å². The molecule has 4 rings (SSSR count). The lowest BCUT2D eigenvalue weighted by Gasteiger charge is -2.36. The van der Waals surface area contributed by atoms with E-state index < -0.39 is 30.1 Å². The van der Waals surface area contributed by atoms with Gasteiger partial charge in [-0.3, -0.25) is 9.78 Å². The number of alkyl halides is 1. The number of aromatic nitrogens is 2. The second-order valence-corrected chi connectivity index (χ2v) is 8.08. The largest absolute Gasteiger partial charge is 0.391 e. The topological polar surface area (TPSA) is 104 Å². The van der Waals surface area contributed by atoms with Crippen LogP contribution >= 0.6 is 11.3 Å². The first-order valence-electron chi connectivity index (χ1n) is 9.54. The Balaban J connectivity index is 1.53. The van der Waals surface area contributed by atoms with Crippen molar-refractivity contribution in [3.63, 3.8) is 0 Å². The van der Waals surface area contributed by atoms with Crippen LogP contribution in [0.5, 0.6) is 0 Å². The van der Waals surface area contributed by atoms with Gasteiger partial charge in [0.1, 0.15) is 22.7 Å². The van der Waals surface area contributed by atoms with Crippen molar-refractivity contribution < 1.29 is 18.7 Å². The normalized spacial score (nSPS) is 24.3. The molecule has 2 aromatic heterocycles.